The summed E-state index contributed by atoms with van der Waals surface area (Å²) in [5.41, 5.74) is 0. The van der Waals surface area contributed by atoms with Gasteiger partial charge in [0.15, 0.2) is 5.96 Å². The summed E-state index contributed by atoms with van der Waals surface area (Å²) in [5, 5.41) is 3.47. The van der Waals surface area contributed by atoms with Gasteiger partial charge in [0.25, 0.3) is 0 Å². The van der Waals surface area contributed by atoms with Crippen LogP contribution in [0.25, 0.3) is 0 Å². The summed E-state index contributed by atoms with van der Waals surface area (Å²) in [6, 6.07) is 0.477. The van der Waals surface area contributed by atoms with E-state index in [9.17, 15) is 0 Å². The van der Waals surface area contributed by atoms with Crippen LogP contribution in [0.2, 0.25) is 0 Å². The lowest BCUT2D eigenvalue weighted by atomic mass is 10.2. The van der Waals surface area contributed by atoms with E-state index in [-0.39, 0.29) is 24.0 Å². The first-order chi connectivity index (χ1) is 10.5. The summed E-state index contributed by atoms with van der Waals surface area (Å²) in [5.74, 6) is 2.26. The van der Waals surface area contributed by atoms with Crippen LogP contribution in [0.5, 0.6) is 0 Å². The van der Waals surface area contributed by atoms with Gasteiger partial charge in [-0.25, -0.2) is 0 Å². The Balaban J connectivity index is 0.00000264. The number of ether oxygens (including phenoxy) is 1. The van der Waals surface area contributed by atoms with Crippen LogP contribution in [0, 0.1) is 0 Å². The van der Waals surface area contributed by atoms with Crippen molar-refractivity contribution in [2.45, 2.75) is 38.5 Å². The number of aliphatic imine (C=N–C) groups is 1. The summed E-state index contributed by atoms with van der Waals surface area (Å²) >= 11 is 2.06. The van der Waals surface area contributed by atoms with Crippen LogP contribution in [-0.4, -0.2) is 84.8 Å². The summed E-state index contributed by atoms with van der Waals surface area (Å²) < 4.78 is 5.74. The van der Waals surface area contributed by atoms with Gasteiger partial charge in [0.2, 0.25) is 0 Å². The molecule has 0 saturated carbocycles. The molecule has 2 heterocycles. The normalized spacial score (nSPS) is 24.0. The van der Waals surface area contributed by atoms with E-state index in [0.29, 0.717) is 10.8 Å². The Bertz CT molecular complexity index is 375. The number of halogens is 1. The Morgan fingerprint density at radius 1 is 1.30 bits per heavy atom. The van der Waals surface area contributed by atoms with E-state index < -0.39 is 0 Å². The van der Waals surface area contributed by atoms with Crippen molar-refractivity contribution in [1.29, 1.82) is 0 Å². The van der Waals surface area contributed by atoms with Gasteiger partial charge < -0.3 is 15.0 Å². The molecule has 136 valence electrons. The summed E-state index contributed by atoms with van der Waals surface area (Å²) in [6.45, 7) is 16.8. The molecule has 0 radical (unpaired) electrons. The van der Waals surface area contributed by atoms with Crippen LogP contribution in [-0.2, 0) is 4.74 Å². The molecule has 2 rings (SSSR count). The molecule has 1 atom stereocenters. The van der Waals surface area contributed by atoms with E-state index >= 15 is 0 Å². The number of morpholine rings is 1. The summed E-state index contributed by atoms with van der Waals surface area (Å²) in [4.78, 5) is 9.82. The molecule has 1 N–H and O–H groups in total. The summed E-state index contributed by atoms with van der Waals surface area (Å²) in [6.07, 6.45) is 0. The van der Waals surface area contributed by atoms with E-state index in [1.165, 1.54) is 5.75 Å². The van der Waals surface area contributed by atoms with Gasteiger partial charge in [0.05, 0.1) is 19.8 Å². The molecular weight excluding hydrogens is 423 g/mol. The smallest absolute Gasteiger partial charge is 0.194 e. The van der Waals surface area contributed by atoms with Gasteiger partial charge in [-0.15, -0.1) is 24.0 Å². The maximum Gasteiger partial charge on any atom is 0.194 e. The van der Waals surface area contributed by atoms with Crippen LogP contribution in [0.1, 0.15) is 27.7 Å². The zero-order valence-electron chi connectivity index (χ0n) is 15.0. The molecule has 2 saturated heterocycles. The highest BCUT2D eigenvalue weighted by Gasteiger charge is 2.28. The number of rotatable bonds is 4. The van der Waals surface area contributed by atoms with Crippen LogP contribution >= 0.6 is 35.7 Å². The van der Waals surface area contributed by atoms with Gasteiger partial charge in [0.1, 0.15) is 0 Å². The predicted molar refractivity (Wildman–Crippen MR) is 111 cm³/mol. The molecule has 0 aromatic carbocycles. The fourth-order valence-corrected chi connectivity index (χ4v) is 4.09. The van der Waals surface area contributed by atoms with Crippen molar-refractivity contribution >= 4 is 41.7 Å². The minimum atomic E-state index is 0. The minimum Gasteiger partial charge on any atom is -0.379 e. The number of hydrogen-bond donors (Lipinski definition) is 1. The molecule has 0 bridgehead atoms. The molecule has 2 aliphatic rings. The topological polar surface area (TPSA) is 40.1 Å². The van der Waals surface area contributed by atoms with Crippen molar-refractivity contribution in [2.75, 3.05) is 58.2 Å². The molecule has 0 spiro atoms. The van der Waals surface area contributed by atoms with Gasteiger partial charge >= 0.3 is 0 Å². The molecule has 23 heavy (non-hydrogen) atoms. The van der Waals surface area contributed by atoms with Gasteiger partial charge in [-0.05, 0) is 27.7 Å². The number of guanidine groups is 1. The fraction of sp³-hybridized carbons (Fsp3) is 0.938. The third-order valence-corrected chi connectivity index (χ3v) is 5.53. The molecule has 0 aromatic heterocycles. The lowest BCUT2D eigenvalue weighted by molar-refractivity contribution is 0.0220. The first-order valence-electron chi connectivity index (χ1n) is 8.51. The molecular formula is C16H33IN4OS. The quantitative estimate of drug-likeness (QED) is 0.399. The third kappa shape index (κ3) is 6.96. The van der Waals surface area contributed by atoms with Crippen molar-refractivity contribution in [3.8, 4) is 0 Å². The second kappa shape index (κ2) is 10.3. The van der Waals surface area contributed by atoms with Gasteiger partial charge in [-0.3, -0.25) is 9.89 Å². The number of nitrogens with zero attached hydrogens (tertiary/aromatic N) is 3. The maximum atomic E-state index is 5.43. The first kappa shape index (κ1) is 21.3. The van der Waals surface area contributed by atoms with Crippen LogP contribution < -0.4 is 5.32 Å². The third-order valence-electron chi connectivity index (χ3n) is 4.23. The van der Waals surface area contributed by atoms with Gasteiger partial charge in [-0.2, -0.15) is 11.8 Å². The van der Waals surface area contributed by atoms with E-state index in [1.807, 2.05) is 0 Å². The Morgan fingerprint density at radius 2 is 2.00 bits per heavy atom. The van der Waals surface area contributed by atoms with E-state index in [2.05, 4.69) is 54.6 Å². The molecule has 2 aliphatic heterocycles. The molecule has 2 fully saturated rings. The van der Waals surface area contributed by atoms with E-state index in [1.54, 1.807) is 0 Å². The zero-order valence-corrected chi connectivity index (χ0v) is 18.2. The van der Waals surface area contributed by atoms with Gasteiger partial charge in [-0.1, -0.05) is 0 Å². The first-order valence-corrected chi connectivity index (χ1v) is 9.49. The van der Waals surface area contributed by atoms with Crippen molar-refractivity contribution in [3.63, 3.8) is 0 Å². The molecule has 0 amide bonds. The van der Waals surface area contributed by atoms with Crippen molar-refractivity contribution < 1.29 is 4.74 Å². The highest BCUT2D eigenvalue weighted by atomic mass is 127. The SMILES string of the molecule is CCNC(=NCC(C)N1CCOCC1)N1CCSC(C)(C)C1.I. The Kier molecular flexibility index (Phi) is 9.55. The highest BCUT2D eigenvalue weighted by molar-refractivity contribution is 14.0. The largest absolute Gasteiger partial charge is 0.379 e. The molecule has 1 unspecified atom stereocenters. The van der Waals surface area contributed by atoms with Crippen molar-refractivity contribution in [2.24, 2.45) is 4.99 Å². The number of thioether (sulfide) groups is 1. The average molecular weight is 456 g/mol. The Morgan fingerprint density at radius 3 is 2.61 bits per heavy atom. The van der Waals surface area contributed by atoms with Crippen molar-refractivity contribution in [1.82, 2.24) is 15.1 Å². The van der Waals surface area contributed by atoms with E-state index in [0.717, 1.165) is 58.4 Å². The molecule has 7 heteroatoms. The van der Waals surface area contributed by atoms with Crippen LogP contribution in [0.15, 0.2) is 4.99 Å². The fourth-order valence-electron chi connectivity index (χ4n) is 2.98. The van der Waals surface area contributed by atoms with Crippen LogP contribution in [0.4, 0.5) is 0 Å². The second-order valence-corrected chi connectivity index (χ2v) is 8.52. The van der Waals surface area contributed by atoms with E-state index in [4.69, 9.17) is 9.73 Å². The predicted octanol–water partition coefficient (Wildman–Crippen LogP) is 2.12. The Hall–Kier alpha value is 0.270. The molecule has 5 nitrogen and oxygen atoms in total. The maximum absolute atomic E-state index is 5.43. The zero-order chi connectivity index (χ0) is 16.0. The van der Waals surface area contributed by atoms with Crippen molar-refractivity contribution in [3.05, 3.63) is 0 Å². The average Bonchev–Trinajstić information content (AvgIpc) is 2.51. The number of hydrogen-bond acceptors (Lipinski definition) is 4. The number of nitrogens with one attached hydrogen (secondary N) is 1. The Labute approximate surface area is 163 Å². The molecule has 0 aliphatic carbocycles. The van der Waals surface area contributed by atoms with Crippen LogP contribution in [0.3, 0.4) is 0 Å². The monoisotopic (exact) mass is 456 g/mol. The summed E-state index contributed by atoms with van der Waals surface area (Å²) in [7, 11) is 0. The standard InChI is InChI=1S/C16H32N4OS.HI/c1-5-17-15(20-8-11-22-16(3,4)13-20)18-12-14(2)19-6-9-21-10-7-19;/h14H,5-13H2,1-4H3,(H,17,18);1H. The van der Waals surface area contributed by atoms with Gasteiger partial charge in [0, 0.05) is 49.3 Å². The second-order valence-electron chi connectivity index (χ2n) is 6.72. The lowest BCUT2D eigenvalue weighted by Gasteiger charge is -2.39. The highest BCUT2D eigenvalue weighted by Crippen LogP contribution is 2.29. The molecule has 0 aromatic rings. The minimum absolute atomic E-state index is 0. The lowest BCUT2D eigenvalue weighted by Crippen LogP contribution is -2.51.